The minimum absolute atomic E-state index is 0.0963. The summed E-state index contributed by atoms with van der Waals surface area (Å²) in [6.07, 6.45) is 1.66. The number of amides is 3. The Morgan fingerprint density at radius 2 is 1.33 bits per heavy atom. The van der Waals surface area contributed by atoms with Crippen LogP contribution < -0.4 is 20.7 Å². The second-order valence-electron chi connectivity index (χ2n) is 11.3. The van der Waals surface area contributed by atoms with Gasteiger partial charge in [-0.25, -0.2) is 0 Å². The Hall–Kier alpha value is -5.60. The quantitative estimate of drug-likeness (QED) is 0.0923. The highest BCUT2D eigenvalue weighted by Gasteiger charge is 2.23. The zero-order chi connectivity index (χ0) is 33.9. The third-order valence-corrected chi connectivity index (χ3v) is 8.71. The molecule has 1 atom stereocenters. The van der Waals surface area contributed by atoms with Crippen molar-refractivity contribution >= 4 is 46.9 Å². The van der Waals surface area contributed by atoms with E-state index in [1.54, 1.807) is 49.6 Å². The first-order valence-corrected chi connectivity index (χ1v) is 16.4. The summed E-state index contributed by atoms with van der Waals surface area (Å²) in [5.74, 6) is -0.0759. The van der Waals surface area contributed by atoms with Crippen LogP contribution >= 0.6 is 11.8 Å². The Labute approximate surface area is 285 Å². The number of methoxy groups -OCH3 is 1. The van der Waals surface area contributed by atoms with E-state index in [1.165, 1.54) is 17.3 Å². The number of carbonyl (C=O) groups is 3. The van der Waals surface area contributed by atoms with Gasteiger partial charge in [0.05, 0.1) is 7.11 Å². The van der Waals surface area contributed by atoms with Gasteiger partial charge in [-0.05, 0) is 71.1 Å². The van der Waals surface area contributed by atoms with Crippen LogP contribution in [0.2, 0.25) is 0 Å². The van der Waals surface area contributed by atoms with Crippen LogP contribution in [0.3, 0.4) is 0 Å². The summed E-state index contributed by atoms with van der Waals surface area (Å²) in [5, 5.41) is 8.15. The van der Waals surface area contributed by atoms with Crippen molar-refractivity contribution in [3.8, 4) is 5.75 Å². The van der Waals surface area contributed by atoms with Gasteiger partial charge in [0.2, 0.25) is 5.91 Å². The van der Waals surface area contributed by atoms with E-state index in [0.29, 0.717) is 28.6 Å². The van der Waals surface area contributed by atoms with E-state index in [1.807, 2.05) is 97.1 Å². The second kappa shape index (κ2) is 16.3. The Morgan fingerprint density at radius 3 is 2.00 bits per heavy atom. The van der Waals surface area contributed by atoms with Crippen LogP contribution in [-0.2, 0) is 9.59 Å². The largest absolute Gasteiger partial charge is 0.497 e. The van der Waals surface area contributed by atoms with E-state index in [0.717, 1.165) is 16.0 Å². The van der Waals surface area contributed by atoms with E-state index >= 15 is 0 Å². The molecule has 0 saturated heterocycles. The Balaban J connectivity index is 1.38. The van der Waals surface area contributed by atoms with Gasteiger partial charge in [0.25, 0.3) is 11.8 Å². The van der Waals surface area contributed by atoms with Crippen LogP contribution in [0.5, 0.6) is 5.75 Å². The van der Waals surface area contributed by atoms with Gasteiger partial charge in [0.1, 0.15) is 16.7 Å². The number of benzene rings is 5. The monoisotopic (exact) mass is 655 g/mol. The molecular formula is C40H37N3O4S. The highest BCUT2D eigenvalue weighted by Crippen LogP contribution is 2.37. The lowest BCUT2D eigenvalue weighted by Crippen LogP contribution is -2.30. The molecule has 5 aromatic carbocycles. The minimum Gasteiger partial charge on any atom is -0.497 e. The maximum atomic E-state index is 13.7. The first-order chi connectivity index (χ1) is 23.3. The highest BCUT2D eigenvalue weighted by molar-refractivity contribution is 8.00. The molecule has 5 rings (SSSR count). The minimum atomic E-state index is -0.585. The van der Waals surface area contributed by atoms with Gasteiger partial charge in [-0.1, -0.05) is 98.8 Å². The van der Waals surface area contributed by atoms with Gasteiger partial charge >= 0.3 is 0 Å². The molecule has 0 aliphatic rings. The average Bonchev–Trinajstić information content (AvgIpc) is 3.11. The summed E-state index contributed by atoms with van der Waals surface area (Å²) >= 11 is 1.36. The summed E-state index contributed by atoms with van der Waals surface area (Å²) in [4.78, 5) is 41.2. The third kappa shape index (κ3) is 9.24. The molecule has 0 spiro atoms. The van der Waals surface area contributed by atoms with E-state index in [9.17, 15) is 14.4 Å². The second-order valence-corrected chi connectivity index (χ2v) is 12.5. The number of hydrogen-bond acceptors (Lipinski definition) is 5. The normalized spacial score (nSPS) is 11.8. The van der Waals surface area contributed by atoms with Crippen molar-refractivity contribution in [3.63, 3.8) is 0 Å². The molecule has 8 heteroatoms. The van der Waals surface area contributed by atoms with E-state index in [-0.39, 0.29) is 11.6 Å². The van der Waals surface area contributed by atoms with E-state index in [4.69, 9.17) is 4.74 Å². The number of anilines is 2. The van der Waals surface area contributed by atoms with E-state index in [2.05, 4.69) is 29.8 Å². The first kappa shape index (κ1) is 33.8. The van der Waals surface area contributed by atoms with Crippen molar-refractivity contribution in [2.45, 2.75) is 29.9 Å². The summed E-state index contributed by atoms with van der Waals surface area (Å²) in [6, 6.07) is 40.6. The lowest BCUT2D eigenvalue weighted by molar-refractivity contribution is -0.116. The molecule has 7 nitrogen and oxygen atoms in total. The molecule has 0 aromatic heterocycles. The van der Waals surface area contributed by atoms with Gasteiger partial charge < -0.3 is 20.7 Å². The zero-order valence-electron chi connectivity index (χ0n) is 27.0. The zero-order valence-corrected chi connectivity index (χ0v) is 27.8. The lowest BCUT2D eigenvalue weighted by atomic mass is 10.0. The number of hydrogen-bond donors (Lipinski definition) is 3. The highest BCUT2D eigenvalue weighted by atomic mass is 32.2. The predicted octanol–water partition coefficient (Wildman–Crippen LogP) is 8.70. The van der Waals surface area contributed by atoms with Crippen LogP contribution in [0.25, 0.3) is 6.08 Å². The molecule has 0 saturated carbocycles. The maximum absolute atomic E-state index is 13.7. The molecule has 3 N–H and O–H groups in total. The van der Waals surface area contributed by atoms with Crippen LogP contribution in [0.15, 0.2) is 144 Å². The van der Waals surface area contributed by atoms with Crippen LogP contribution in [-0.4, -0.2) is 24.8 Å². The van der Waals surface area contributed by atoms with Gasteiger partial charge in [-0.3, -0.25) is 14.4 Å². The molecule has 242 valence electrons. The summed E-state index contributed by atoms with van der Waals surface area (Å²) in [7, 11) is 1.58. The topological polar surface area (TPSA) is 96.5 Å². The number of rotatable bonds is 12. The van der Waals surface area contributed by atoms with Crippen LogP contribution in [0.4, 0.5) is 11.4 Å². The number of thioether (sulfide) groups is 1. The van der Waals surface area contributed by atoms with Crippen molar-refractivity contribution < 1.29 is 19.1 Å². The summed E-state index contributed by atoms with van der Waals surface area (Å²) < 4.78 is 5.31. The molecule has 0 fully saturated rings. The molecule has 3 amide bonds. The van der Waals surface area contributed by atoms with Crippen molar-refractivity contribution in [1.29, 1.82) is 0 Å². The molecule has 0 radical (unpaired) electrons. The molecule has 0 heterocycles. The van der Waals surface area contributed by atoms with Crippen molar-refractivity contribution in [1.82, 2.24) is 5.32 Å². The van der Waals surface area contributed by atoms with E-state index < -0.39 is 17.1 Å². The van der Waals surface area contributed by atoms with Crippen molar-refractivity contribution in [2.24, 2.45) is 0 Å². The molecule has 0 bridgehead atoms. The molecule has 0 aliphatic heterocycles. The SMILES string of the molecule is COc1cccc(NC(=O)C(Sc2cccc(NC(=O)/C(=C\c3ccc(C(C)C)cc3)NC(=O)c3ccccc3)c2)c2ccccc2)c1. The average molecular weight is 656 g/mol. The number of carbonyl (C=O) groups excluding carboxylic acids is 3. The van der Waals surface area contributed by atoms with Crippen LogP contribution in [0.1, 0.15) is 52.1 Å². The smallest absolute Gasteiger partial charge is 0.272 e. The van der Waals surface area contributed by atoms with Crippen molar-refractivity contribution in [2.75, 3.05) is 17.7 Å². The van der Waals surface area contributed by atoms with Gasteiger partial charge in [0, 0.05) is 27.9 Å². The molecule has 1 unspecified atom stereocenters. The maximum Gasteiger partial charge on any atom is 0.272 e. The predicted molar refractivity (Wildman–Crippen MR) is 194 cm³/mol. The molecular weight excluding hydrogens is 619 g/mol. The molecule has 0 aliphatic carbocycles. The third-order valence-electron chi connectivity index (χ3n) is 7.47. The van der Waals surface area contributed by atoms with Crippen LogP contribution in [0, 0.1) is 0 Å². The molecule has 48 heavy (non-hydrogen) atoms. The van der Waals surface area contributed by atoms with Gasteiger partial charge in [-0.15, -0.1) is 11.8 Å². The van der Waals surface area contributed by atoms with Gasteiger partial charge in [0.15, 0.2) is 0 Å². The Kier molecular flexibility index (Phi) is 11.5. The Morgan fingerprint density at radius 1 is 0.688 bits per heavy atom. The first-order valence-electron chi connectivity index (χ1n) is 15.5. The van der Waals surface area contributed by atoms with Gasteiger partial charge in [-0.2, -0.15) is 0 Å². The number of ether oxygens (including phenoxy) is 1. The van der Waals surface area contributed by atoms with Crippen molar-refractivity contribution in [3.05, 3.63) is 161 Å². The fourth-order valence-corrected chi connectivity index (χ4v) is 5.96. The molecule has 5 aromatic rings. The fourth-order valence-electron chi connectivity index (χ4n) is 4.88. The number of nitrogens with one attached hydrogen (secondary N) is 3. The summed E-state index contributed by atoms with van der Waals surface area (Å²) in [6.45, 7) is 4.23. The standard InChI is InChI=1S/C40H37N3O4S/c1-27(2)29-22-20-28(21-23-29)24-36(43-38(44)31-14-8-5-9-15-31)39(45)41-33-17-11-19-35(26-33)48-37(30-12-6-4-7-13-30)40(46)42-32-16-10-18-34(25-32)47-3/h4-27,37H,1-3H3,(H,41,45)(H,42,46)(H,43,44)/b36-24+. The fraction of sp³-hybridized carbons (Fsp3) is 0.125. The summed E-state index contributed by atoms with van der Waals surface area (Å²) in [5.41, 5.74) is 4.44. The Bertz CT molecular complexity index is 1890. The lowest BCUT2D eigenvalue weighted by Gasteiger charge is -2.18.